The summed E-state index contributed by atoms with van der Waals surface area (Å²) < 4.78 is -0.896. The lowest BCUT2D eigenvalue weighted by Gasteiger charge is -2.54. The Morgan fingerprint density at radius 1 is 0.245 bits per heavy atom. The third-order valence-electron chi connectivity index (χ3n) is 9.85. The van der Waals surface area contributed by atoms with Gasteiger partial charge in [-0.15, -0.1) is 0 Å². The summed E-state index contributed by atoms with van der Waals surface area (Å²) in [5.41, 5.74) is 0. The maximum absolute atomic E-state index is 6.55. The Labute approximate surface area is 356 Å². The average Bonchev–Trinajstić information content (AvgIpc) is 2.90. The minimum Gasteiger partial charge on any atom is -0.173 e. The first-order valence-corrected chi connectivity index (χ1v) is 17.1. The van der Waals surface area contributed by atoms with Gasteiger partial charge in [-0.1, -0.05) is 0 Å². The van der Waals surface area contributed by atoms with Crippen molar-refractivity contribution >= 4 is 360 Å². The third-order valence-corrected chi connectivity index (χ3v) is 11.5. The highest BCUT2D eigenvalue weighted by atomic mass is 127. The standard InChI is InChI=1S/B48I/c1-25-37(24)43(36(22)23)46(42(34(18)19)35(20)21)48(49)47(44(38(26(2)3)27(4)5)39(28(6)7)29(8)9)45(40(30(10)11)31(12)13)41(32(14)15)33(16)17. The van der Waals surface area contributed by atoms with Crippen molar-refractivity contribution in [2.24, 2.45) is 0 Å². The van der Waals surface area contributed by atoms with E-state index in [0.717, 1.165) is 0 Å². The maximum atomic E-state index is 6.55. The molecule has 0 amide bonds. The molecule has 0 bridgehead atoms. The van der Waals surface area contributed by atoms with Gasteiger partial charge in [-0.25, -0.2) is 0 Å². The van der Waals surface area contributed by atoms with Crippen molar-refractivity contribution < 1.29 is 0 Å². The highest BCUT2D eigenvalue weighted by Gasteiger charge is 2.59. The van der Waals surface area contributed by atoms with Gasteiger partial charge in [-0.2, -0.15) is 22.4 Å². The average molecular weight is 646 g/mol. The van der Waals surface area contributed by atoms with Crippen LogP contribution in [0.4, 0.5) is 0 Å². The second-order valence-electron chi connectivity index (χ2n) is 13.3. The molecule has 0 nitrogen and oxygen atoms in total. The van der Waals surface area contributed by atoms with Crippen LogP contribution in [0.3, 0.4) is 0 Å². The highest BCUT2D eigenvalue weighted by molar-refractivity contribution is 14.1. The molecule has 0 saturated heterocycles. The first-order chi connectivity index (χ1) is 22.3. The smallest absolute Gasteiger partial charge is 0.120 e. The van der Waals surface area contributed by atoms with Crippen molar-refractivity contribution in [3.63, 3.8) is 0 Å². The van der Waals surface area contributed by atoms with Crippen LogP contribution in [0.15, 0.2) is 0 Å². The first-order valence-electron chi connectivity index (χ1n) is 15.9. The molecule has 0 spiro atoms. The summed E-state index contributed by atoms with van der Waals surface area (Å²) >= 11 is 2.10. The Morgan fingerprint density at radius 3 is 0.571 bits per heavy atom. The molecule has 49 radical (unpaired) electrons. The molecular weight excluding hydrogens is 646 g/mol. The van der Waals surface area contributed by atoms with Crippen LogP contribution >= 0.6 is 22.4 Å². The van der Waals surface area contributed by atoms with E-state index < -0.39 is 145 Å². The summed E-state index contributed by atoms with van der Waals surface area (Å²) in [6.45, 7) is 0. The molecule has 0 aromatic heterocycles. The molecule has 0 unspecified atom stereocenters. The van der Waals surface area contributed by atoms with Crippen LogP contribution in [0.1, 0.15) is 0 Å². The van der Waals surface area contributed by atoms with Crippen LogP contribution in [-0.4, -0.2) is 338 Å². The highest BCUT2D eigenvalue weighted by Crippen LogP contribution is 2.23. The predicted octanol–water partition coefficient (Wildman–Crippen LogP) is -17.4. The largest absolute Gasteiger partial charge is 0.173 e. The zero-order valence-corrected chi connectivity index (χ0v) is 30.2. The van der Waals surface area contributed by atoms with Crippen molar-refractivity contribution in [3.05, 3.63) is 0 Å². The molecule has 0 N–H and O–H groups in total. The van der Waals surface area contributed by atoms with E-state index in [1.807, 2.05) is 0 Å². The fraction of sp³-hybridized carbons (Fsp3) is 0. The van der Waals surface area contributed by atoms with Crippen molar-refractivity contribution in [2.75, 3.05) is 0 Å². The Balaban J connectivity index is 9.04. The van der Waals surface area contributed by atoms with Crippen LogP contribution in [0, 0.1) is 0 Å². The fourth-order valence-electron chi connectivity index (χ4n) is 7.91. The van der Waals surface area contributed by atoms with Crippen LogP contribution in [-0.2, 0) is 0 Å². The summed E-state index contributed by atoms with van der Waals surface area (Å²) in [6, 6.07) is 0. The Bertz CT molecular complexity index is 719. The van der Waals surface area contributed by atoms with E-state index in [2.05, 4.69) is 22.4 Å². The van der Waals surface area contributed by atoms with Gasteiger partial charge in [0.2, 0.25) is 0 Å². The predicted molar refractivity (Wildman–Crippen MR) is 290 cm³/mol. The molecule has 0 aromatic carbocycles. The van der Waals surface area contributed by atoms with E-state index in [-0.39, 0.29) is 0 Å². The van der Waals surface area contributed by atoms with Crippen LogP contribution < -0.4 is 0 Å². The lowest BCUT2D eigenvalue weighted by molar-refractivity contribution is 3.23. The van der Waals surface area contributed by atoms with Gasteiger partial charge in [0.1, 0.15) is 4.35 Å². The van der Waals surface area contributed by atoms with Crippen molar-refractivity contribution in [2.45, 2.75) is 0 Å². The molecule has 0 atom stereocenters. The van der Waals surface area contributed by atoms with Gasteiger partial charge in [0, 0.05) is 333 Å². The zero-order chi connectivity index (χ0) is 39.0. The van der Waals surface area contributed by atoms with E-state index in [0.29, 0.717) is 0 Å². The van der Waals surface area contributed by atoms with Crippen LogP contribution in [0.5, 0.6) is 0 Å². The summed E-state index contributed by atoms with van der Waals surface area (Å²) in [5.74, 6) is 0. The molecule has 0 aliphatic rings. The second-order valence-corrected chi connectivity index (χ2v) is 14.8. The summed E-state index contributed by atoms with van der Waals surface area (Å²) in [5, 5.41) is 0. The van der Waals surface area contributed by atoms with Gasteiger partial charge in [-0.3, -0.25) is 0 Å². The molecule has 0 aromatic rings. The molecule has 49 heavy (non-hydrogen) atoms. The minimum atomic E-state index is -1.25. The van der Waals surface area contributed by atoms with E-state index in [1.54, 1.807) is 0 Å². The van der Waals surface area contributed by atoms with Crippen LogP contribution in [0.25, 0.3) is 0 Å². The van der Waals surface area contributed by atoms with E-state index in [1.165, 1.54) is 7.06 Å². The van der Waals surface area contributed by atoms with Crippen molar-refractivity contribution in [3.8, 4) is 0 Å². The summed E-state index contributed by atoms with van der Waals surface area (Å²) in [6.07, 6.45) is -24.9. The van der Waals surface area contributed by atoms with Crippen molar-refractivity contribution in [1.29, 1.82) is 0 Å². The molecule has 0 fully saturated rings. The maximum Gasteiger partial charge on any atom is 0.120 e. The Morgan fingerprint density at radius 2 is 0.408 bits per heavy atom. The summed E-state index contributed by atoms with van der Waals surface area (Å²) in [4.78, 5) is 0. The number of hydrogen-bond acceptors (Lipinski definition) is 0. The SMILES string of the molecule is [B][B]B([B])B(B([B])[B])B(B(I)B(B(B(B([B])[B])B([B])[B])B(B([B])[B])B([B])[B])B(B(B([B])[B])B([B])[B])B(B([B])[B])B([B])[B])B(B([B])[B])B([B])[B]. The molecule has 0 aliphatic carbocycles. The molecule has 0 rings (SSSR count). The molecule has 49 heteroatoms. The van der Waals surface area contributed by atoms with Gasteiger partial charge < -0.3 is 0 Å². The van der Waals surface area contributed by atoms with Gasteiger partial charge >= 0.3 is 0 Å². The third kappa shape index (κ3) is 14.6. The van der Waals surface area contributed by atoms with E-state index >= 15 is 0 Å². The van der Waals surface area contributed by atoms with E-state index in [9.17, 15) is 0 Å². The lowest BCUT2D eigenvalue weighted by Crippen LogP contribution is -2.92. The monoisotopic (exact) mass is 655 g/mol. The Hall–Kier alpha value is 3.85. The molecule has 0 heterocycles. The molecule has 0 saturated carbocycles. The number of hydrogen-bond donors (Lipinski definition) is 0. The normalized spacial score (nSPS) is 9.65. The summed E-state index contributed by atoms with van der Waals surface area (Å²) in [7, 11) is 155. The van der Waals surface area contributed by atoms with Gasteiger partial charge in [0.15, 0.2) is 0 Å². The second kappa shape index (κ2) is 24.6. The number of rotatable bonds is 23. The first kappa shape index (κ1) is 52.8. The van der Waals surface area contributed by atoms with Gasteiger partial charge in [0.05, 0.1) is 0 Å². The Kier molecular flexibility index (Phi) is 26.5. The topological polar surface area (TPSA) is 0 Å². The lowest BCUT2D eigenvalue weighted by atomic mass is 8.29. The van der Waals surface area contributed by atoms with E-state index in [4.69, 9.17) is 186 Å². The minimum absolute atomic E-state index is 0.896. The van der Waals surface area contributed by atoms with Crippen molar-refractivity contribution in [1.82, 2.24) is 0 Å². The number of halogens is 1. The molecular formula is B48I. The zero-order valence-electron chi connectivity index (χ0n) is 28.1. The van der Waals surface area contributed by atoms with Gasteiger partial charge in [-0.05, 0) is 0 Å². The molecule has 151 valence electrons. The van der Waals surface area contributed by atoms with Gasteiger partial charge in [0.25, 0.3) is 0 Å². The van der Waals surface area contributed by atoms with Crippen LogP contribution in [0.2, 0.25) is 0 Å². The molecule has 0 aliphatic heterocycles. The fourth-order valence-corrected chi connectivity index (χ4v) is 9.82. The quantitative estimate of drug-likeness (QED) is 0.0766.